The van der Waals surface area contributed by atoms with Crippen LogP contribution in [0.4, 0.5) is 0 Å². The van der Waals surface area contributed by atoms with Crippen molar-refractivity contribution in [3.63, 3.8) is 0 Å². The van der Waals surface area contributed by atoms with Gasteiger partial charge in [-0.3, -0.25) is 9.59 Å². The van der Waals surface area contributed by atoms with Crippen LogP contribution in [0.3, 0.4) is 0 Å². The molecule has 3 N–H and O–H groups in total. The Morgan fingerprint density at radius 2 is 2.05 bits per heavy atom. The molecule has 2 aliphatic carbocycles. The first-order valence-corrected chi connectivity index (χ1v) is 6.47. The van der Waals surface area contributed by atoms with E-state index in [9.17, 15) is 14.7 Å². The molecule has 4 unspecified atom stereocenters. The quantitative estimate of drug-likeness (QED) is 0.710. The third-order valence-electron chi connectivity index (χ3n) is 4.18. The van der Waals surface area contributed by atoms with Gasteiger partial charge in [0.15, 0.2) is 0 Å². The Morgan fingerprint density at radius 3 is 2.68 bits per heavy atom. The van der Waals surface area contributed by atoms with E-state index in [0.29, 0.717) is 6.54 Å². The van der Waals surface area contributed by atoms with Crippen LogP contribution in [-0.2, 0) is 16.1 Å². The van der Waals surface area contributed by atoms with Gasteiger partial charge in [-0.1, -0.05) is 12.2 Å². The molecule has 0 aromatic carbocycles. The smallest absolute Gasteiger partial charge is 0.307 e. The zero-order valence-electron chi connectivity index (χ0n) is 10.4. The van der Waals surface area contributed by atoms with Crippen LogP contribution in [0.5, 0.6) is 0 Å². The lowest BCUT2D eigenvalue weighted by Crippen LogP contribution is -2.39. The summed E-state index contributed by atoms with van der Waals surface area (Å²) in [6.07, 6.45) is 8.33. The van der Waals surface area contributed by atoms with Gasteiger partial charge in [0.2, 0.25) is 5.91 Å². The molecule has 2 bridgehead atoms. The van der Waals surface area contributed by atoms with Crippen molar-refractivity contribution in [3.05, 3.63) is 36.2 Å². The molecule has 2 aliphatic rings. The van der Waals surface area contributed by atoms with Crippen molar-refractivity contribution < 1.29 is 14.7 Å². The molecule has 1 heterocycles. The third-order valence-corrected chi connectivity index (χ3v) is 4.18. The summed E-state index contributed by atoms with van der Waals surface area (Å²) < 4.78 is 0. The second kappa shape index (κ2) is 4.57. The molecule has 1 aromatic rings. The van der Waals surface area contributed by atoms with E-state index in [0.717, 1.165) is 12.0 Å². The number of rotatable bonds is 4. The predicted molar refractivity (Wildman–Crippen MR) is 68.0 cm³/mol. The molecule has 1 amide bonds. The van der Waals surface area contributed by atoms with Crippen LogP contribution in [0.15, 0.2) is 30.6 Å². The van der Waals surface area contributed by atoms with Gasteiger partial charge >= 0.3 is 5.97 Å². The van der Waals surface area contributed by atoms with E-state index in [2.05, 4.69) is 10.3 Å². The van der Waals surface area contributed by atoms with E-state index >= 15 is 0 Å². The third kappa shape index (κ3) is 2.05. The molecule has 100 valence electrons. The molecule has 0 saturated heterocycles. The molecule has 1 saturated carbocycles. The molecular weight excluding hydrogens is 244 g/mol. The van der Waals surface area contributed by atoms with Crippen LogP contribution < -0.4 is 5.32 Å². The first kappa shape index (κ1) is 12.0. The van der Waals surface area contributed by atoms with Crippen LogP contribution in [0.25, 0.3) is 0 Å². The lowest BCUT2D eigenvalue weighted by atomic mass is 9.82. The fraction of sp³-hybridized carbons (Fsp3) is 0.429. The van der Waals surface area contributed by atoms with Crippen molar-refractivity contribution in [2.24, 2.45) is 23.7 Å². The Morgan fingerprint density at radius 1 is 1.32 bits per heavy atom. The maximum Gasteiger partial charge on any atom is 0.307 e. The Kier molecular flexibility index (Phi) is 2.89. The molecule has 0 radical (unpaired) electrons. The normalized spacial score (nSPS) is 31.6. The number of carbonyl (C=O) groups is 2. The summed E-state index contributed by atoms with van der Waals surface area (Å²) in [6.45, 7) is 0.437. The highest BCUT2D eigenvalue weighted by molar-refractivity contribution is 5.86. The number of aromatic amines is 1. The first-order valence-electron chi connectivity index (χ1n) is 6.47. The zero-order valence-corrected chi connectivity index (χ0v) is 10.4. The second-order valence-electron chi connectivity index (χ2n) is 5.28. The van der Waals surface area contributed by atoms with Crippen molar-refractivity contribution in [3.8, 4) is 0 Å². The van der Waals surface area contributed by atoms with Gasteiger partial charge in [0.05, 0.1) is 11.8 Å². The maximum atomic E-state index is 12.2. The molecule has 3 rings (SSSR count). The van der Waals surface area contributed by atoms with Crippen molar-refractivity contribution in [2.45, 2.75) is 13.0 Å². The molecule has 5 heteroatoms. The highest BCUT2D eigenvalue weighted by Gasteiger charge is 2.51. The molecule has 1 aromatic heterocycles. The number of carbonyl (C=O) groups excluding carboxylic acids is 1. The maximum absolute atomic E-state index is 12.2. The minimum atomic E-state index is -0.862. The summed E-state index contributed by atoms with van der Waals surface area (Å²) >= 11 is 0. The summed E-state index contributed by atoms with van der Waals surface area (Å²) in [6, 6.07) is 1.88. The van der Waals surface area contributed by atoms with Gasteiger partial charge in [-0.25, -0.2) is 0 Å². The van der Waals surface area contributed by atoms with Gasteiger partial charge in [-0.15, -0.1) is 0 Å². The first-order chi connectivity index (χ1) is 9.16. The molecule has 1 fully saturated rings. The van der Waals surface area contributed by atoms with Gasteiger partial charge in [0, 0.05) is 18.9 Å². The number of carboxylic acid groups (broad SMARTS) is 1. The fourth-order valence-electron chi connectivity index (χ4n) is 3.29. The van der Waals surface area contributed by atoms with E-state index in [1.165, 1.54) is 0 Å². The average molecular weight is 260 g/mol. The van der Waals surface area contributed by atoms with Crippen LogP contribution in [0.2, 0.25) is 0 Å². The molecule has 5 nitrogen and oxygen atoms in total. The van der Waals surface area contributed by atoms with Crippen LogP contribution in [-0.4, -0.2) is 22.0 Å². The number of hydrogen-bond acceptors (Lipinski definition) is 2. The van der Waals surface area contributed by atoms with Gasteiger partial charge < -0.3 is 15.4 Å². The Labute approximate surface area is 110 Å². The number of aromatic nitrogens is 1. The number of fused-ring (bicyclic) bond motifs is 2. The number of amides is 1. The Balaban J connectivity index is 1.68. The Bertz CT molecular complexity index is 521. The van der Waals surface area contributed by atoms with E-state index < -0.39 is 17.8 Å². The Hall–Kier alpha value is -2.04. The van der Waals surface area contributed by atoms with Crippen molar-refractivity contribution in [2.75, 3.05) is 0 Å². The van der Waals surface area contributed by atoms with E-state index in [-0.39, 0.29) is 17.7 Å². The SMILES string of the molecule is O=C(O)C1C2C=CC(C2)C1C(=O)NCc1cc[nH]c1. The van der Waals surface area contributed by atoms with Crippen molar-refractivity contribution >= 4 is 11.9 Å². The summed E-state index contributed by atoms with van der Waals surface area (Å²) in [5.41, 5.74) is 0.985. The van der Waals surface area contributed by atoms with Gasteiger partial charge in [0.25, 0.3) is 0 Å². The van der Waals surface area contributed by atoms with Crippen LogP contribution in [0, 0.1) is 23.7 Å². The summed E-state index contributed by atoms with van der Waals surface area (Å²) in [5, 5.41) is 12.1. The van der Waals surface area contributed by atoms with E-state index in [1.807, 2.05) is 24.4 Å². The van der Waals surface area contributed by atoms with E-state index in [1.54, 1.807) is 6.20 Å². The topological polar surface area (TPSA) is 82.2 Å². The largest absolute Gasteiger partial charge is 0.481 e. The predicted octanol–water partition coefficient (Wildman–Crippen LogP) is 1.15. The van der Waals surface area contributed by atoms with E-state index in [4.69, 9.17) is 0 Å². The standard InChI is InChI=1S/C14H16N2O3/c17-13(16-7-8-3-4-15-6-8)11-9-1-2-10(5-9)12(11)14(18)19/h1-4,6,9-12,15H,5,7H2,(H,16,17)(H,18,19). The number of allylic oxidation sites excluding steroid dienone is 2. The fourth-order valence-corrected chi connectivity index (χ4v) is 3.29. The molecule has 0 aliphatic heterocycles. The van der Waals surface area contributed by atoms with Crippen molar-refractivity contribution in [1.82, 2.24) is 10.3 Å². The highest BCUT2D eigenvalue weighted by atomic mass is 16.4. The van der Waals surface area contributed by atoms with Gasteiger partial charge in [0.1, 0.15) is 0 Å². The molecule has 4 atom stereocenters. The number of carboxylic acids is 1. The van der Waals surface area contributed by atoms with Crippen molar-refractivity contribution in [1.29, 1.82) is 0 Å². The molecule has 0 spiro atoms. The molecule has 19 heavy (non-hydrogen) atoms. The minimum Gasteiger partial charge on any atom is -0.481 e. The van der Waals surface area contributed by atoms with Crippen LogP contribution in [0.1, 0.15) is 12.0 Å². The summed E-state index contributed by atoms with van der Waals surface area (Å²) in [4.78, 5) is 26.5. The number of H-pyrrole nitrogens is 1. The number of aliphatic carboxylic acids is 1. The molecular formula is C14H16N2O3. The lowest BCUT2D eigenvalue weighted by molar-refractivity contribution is -0.147. The monoisotopic (exact) mass is 260 g/mol. The lowest BCUT2D eigenvalue weighted by Gasteiger charge is -2.23. The number of hydrogen-bond donors (Lipinski definition) is 3. The summed E-state index contributed by atoms with van der Waals surface area (Å²) in [5.74, 6) is -1.90. The number of nitrogens with one attached hydrogen (secondary N) is 2. The average Bonchev–Trinajstić information content (AvgIpc) is 3.10. The van der Waals surface area contributed by atoms with Gasteiger partial charge in [-0.2, -0.15) is 0 Å². The zero-order chi connectivity index (χ0) is 13.4. The minimum absolute atomic E-state index is 0.0190. The highest BCUT2D eigenvalue weighted by Crippen LogP contribution is 2.48. The summed E-state index contributed by atoms with van der Waals surface area (Å²) in [7, 11) is 0. The van der Waals surface area contributed by atoms with Crippen LogP contribution >= 0.6 is 0 Å². The second-order valence-corrected chi connectivity index (χ2v) is 5.28. The van der Waals surface area contributed by atoms with Gasteiger partial charge in [-0.05, 0) is 29.9 Å².